The lowest BCUT2D eigenvalue weighted by Gasteiger charge is -2.19. The van der Waals surface area contributed by atoms with Gasteiger partial charge in [-0.05, 0) is 82.5 Å². The molecular formula is C40H26. The fourth-order valence-corrected chi connectivity index (χ4v) is 6.46. The zero-order valence-corrected chi connectivity index (χ0v) is 22.0. The average molecular weight is 507 g/mol. The maximum atomic E-state index is 2.34. The number of fused-ring (bicyclic) bond motifs is 6. The first-order valence-electron chi connectivity index (χ1n) is 13.9. The van der Waals surface area contributed by atoms with Gasteiger partial charge in [0.25, 0.3) is 0 Å². The Bertz CT molecular complexity index is 2190. The van der Waals surface area contributed by atoms with E-state index < -0.39 is 0 Å². The van der Waals surface area contributed by atoms with E-state index in [4.69, 9.17) is 0 Å². The van der Waals surface area contributed by atoms with Gasteiger partial charge in [-0.2, -0.15) is 0 Å². The molecule has 0 N–H and O–H groups in total. The Hall–Kier alpha value is -5.20. The van der Waals surface area contributed by atoms with Gasteiger partial charge in [-0.25, -0.2) is 0 Å². The highest BCUT2D eigenvalue weighted by Crippen LogP contribution is 2.45. The molecule has 0 fully saturated rings. The van der Waals surface area contributed by atoms with Gasteiger partial charge in [-0.15, -0.1) is 0 Å². The first-order valence-corrected chi connectivity index (χ1v) is 13.9. The summed E-state index contributed by atoms with van der Waals surface area (Å²) in [6.07, 6.45) is 0. The molecule has 0 aliphatic rings. The van der Waals surface area contributed by atoms with Crippen molar-refractivity contribution in [2.24, 2.45) is 0 Å². The van der Waals surface area contributed by atoms with E-state index in [0.717, 1.165) is 0 Å². The molecule has 40 heavy (non-hydrogen) atoms. The van der Waals surface area contributed by atoms with E-state index in [-0.39, 0.29) is 0 Å². The Morgan fingerprint density at radius 3 is 1.25 bits per heavy atom. The molecule has 8 rings (SSSR count). The minimum absolute atomic E-state index is 1.23. The summed E-state index contributed by atoms with van der Waals surface area (Å²) in [6.45, 7) is 0. The molecule has 0 aromatic heterocycles. The summed E-state index contributed by atoms with van der Waals surface area (Å²) in [5.74, 6) is 0. The lowest BCUT2D eigenvalue weighted by atomic mass is 9.84. The Morgan fingerprint density at radius 2 is 0.650 bits per heavy atom. The number of rotatable bonds is 3. The maximum absolute atomic E-state index is 2.34. The van der Waals surface area contributed by atoms with Crippen LogP contribution in [-0.2, 0) is 0 Å². The maximum Gasteiger partial charge on any atom is -0.00203 e. The largest absolute Gasteiger partial charge is 0.0622 e. The van der Waals surface area contributed by atoms with Crippen LogP contribution in [0.4, 0.5) is 0 Å². The van der Waals surface area contributed by atoms with Crippen molar-refractivity contribution in [3.05, 3.63) is 158 Å². The van der Waals surface area contributed by atoms with Crippen molar-refractivity contribution >= 4 is 43.1 Å². The van der Waals surface area contributed by atoms with Gasteiger partial charge in [0, 0.05) is 0 Å². The van der Waals surface area contributed by atoms with E-state index in [0.29, 0.717) is 0 Å². The monoisotopic (exact) mass is 506 g/mol. The highest BCUT2D eigenvalue weighted by Gasteiger charge is 2.17. The van der Waals surface area contributed by atoms with Crippen molar-refractivity contribution in [2.45, 2.75) is 0 Å². The standard InChI is InChI=1S/C40H26/c1-2-12-28(13-3-1)39-36-20-10-8-17-33(36)34-18-9-11-21-37(34)40(39)29-24-22-27(23-25-29)38-26-30-14-4-5-15-31(30)32-16-6-7-19-35(32)38/h1-26H. The minimum atomic E-state index is 1.23. The van der Waals surface area contributed by atoms with Crippen LogP contribution in [0.1, 0.15) is 0 Å². The molecule has 0 amide bonds. The normalized spacial score (nSPS) is 11.5. The molecule has 0 aliphatic carbocycles. The summed E-state index contributed by atoms with van der Waals surface area (Å²) in [5, 5.41) is 10.3. The van der Waals surface area contributed by atoms with Crippen molar-refractivity contribution in [2.75, 3.05) is 0 Å². The highest BCUT2D eigenvalue weighted by molar-refractivity contribution is 6.21. The summed E-state index contributed by atoms with van der Waals surface area (Å²) in [5.41, 5.74) is 7.55. The molecule has 0 heteroatoms. The van der Waals surface area contributed by atoms with Gasteiger partial charge in [-0.3, -0.25) is 0 Å². The van der Waals surface area contributed by atoms with Crippen molar-refractivity contribution in [1.82, 2.24) is 0 Å². The molecule has 0 radical (unpaired) electrons. The van der Waals surface area contributed by atoms with Gasteiger partial charge in [0.1, 0.15) is 0 Å². The minimum Gasteiger partial charge on any atom is -0.0622 e. The molecule has 0 unspecified atom stereocenters. The molecule has 0 atom stereocenters. The van der Waals surface area contributed by atoms with Gasteiger partial charge in [-0.1, -0.05) is 152 Å². The summed E-state index contributed by atoms with van der Waals surface area (Å²) in [7, 11) is 0. The Kier molecular flexibility index (Phi) is 5.24. The highest BCUT2D eigenvalue weighted by atomic mass is 14.2. The van der Waals surface area contributed by atoms with Crippen molar-refractivity contribution in [3.63, 3.8) is 0 Å². The Labute approximate surface area is 233 Å². The third kappa shape index (κ3) is 3.54. The quantitative estimate of drug-likeness (QED) is 0.209. The predicted octanol–water partition coefficient (Wildman–Crippen LogP) is 11.3. The summed E-state index contributed by atoms with van der Waals surface area (Å²) >= 11 is 0. The first kappa shape index (κ1) is 22.8. The molecule has 0 spiro atoms. The van der Waals surface area contributed by atoms with Crippen LogP contribution in [0.2, 0.25) is 0 Å². The second-order valence-electron chi connectivity index (χ2n) is 10.5. The lowest BCUT2D eigenvalue weighted by Crippen LogP contribution is -1.92. The average Bonchev–Trinajstić information content (AvgIpc) is 3.04. The zero-order chi connectivity index (χ0) is 26.5. The van der Waals surface area contributed by atoms with Crippen LogP contribution in [0.3, 0.4) is 0 Å². The second kappa shape index (κ2) is 9.22. The summed E-state index contributed by atoms with van der Waals surface area (Å²) < 4.78 is 0. The molecule has 0 bridgehead atoms. The summed E-state index contributed by atoms with van der Waals surface area (Å²) in [4.78, 5) is 0. The van der Waals surface area contributed by atoms with Gasteiger partial charge in [0.2, 0.25) is 0 Å². The summed E-state index contributed by atoms with van der Waals surface area (Å²) in [6, 6.07) is 57.5. The van der Waals surface area contributed by atoms with E-state index in [1.807, 2.05) is 0 Å². The van der Waals surface area contributed by atoms with E-state index in [1.54, 1.807) is 0 Å². The molecule has 0 saturated carbocycles. The second-order valence-corrected chi connectivity index (χ2v) is 10.5. The van der Waals surface area contributed by atoms with Crippen LogP contribution in [0.5, 0.6) is 0 Å². The van der Waals surface area contributed by atoms with Crippen LogP contribution in [0.25, 0.3) is 76.5 Å². The van der Waals surface area contributed by atoms with E-state index in [9.17, 15) is 0 Å². The molecule has 0 nitrogen and oxygen atoms in total. The number of hydrogen-bond acceptors (Lipinski definition) is 0. The van der Waals surface area contributed by atoms with Crippen LogP contribution >= 0.6 is 0 Å². The fourth-order valence-electron chi connectivity index (χ4n) is 6.46. The van der Waals surface area contributed by atoms with Crippen LogP contribution in [0.15, 0.2) is 158 Å². The Balaban J connectivity index is 1.39. The van der Waals surface area contributed by atoms with Gasteiger partial charge >= 0.3 is 0 Å². The lowest BCUT2D eigenvalue weighted by molar-refractivity contribution is 1.62. The topological polar surface area (TPSA) is 0 Å². The molecule has 8 aromatic carbocycles. The fraction of sp³-hybridized carbons (Fsp3) is 0. The van der Waals surface area contributed by atoms with E-state index in [1.165, 1.54) is 76.5 Å². The van der Waals surface area contributed by atoms with Gasteiger partial charge < -0.3 is 0 Å². The number of benzene rings is 8. The van der Waals surface area contributed by atoms with Gasteiger partial charge in [0.15, 0.2) is 0 Å². The molecule has 8 aromatic rings. The Morgan fingerprint density at radius 1 is 0.250 bits per heavy atom. The molecule has 0 aliphatic heterocycles. The van der Waals surface area contributed by atoms with Gasteiger partial charge in [0.05, 0.1) is 0 Å². The van der Waals surface area contributed by atoms with Crippen molar-refractivity contribution < 1.29 is 0 Å². The van der Waals surface area contributed by atoms with Crippen molar-refractivity contribution in [3.8, 4) is 33.4 Å². The van der Waals surface area contributed by atoms with Crippen LogP contribution in [-0.4, -0.2) is 0 Å². The predicted molar refractivity (Wildman–Crippen MR) is 173 cm³/mol. The SMILES string of the molecule is c1ccc(-c2c(-c3ccc(-c4cc5ccccc5c5ccccc45)cc3)c3ccccc3c3ccccc23)cc1. The van der Waals surface area contributed by atoms with Crippen molar-refractivity contribution in [1.29, 1.82) is 0 Å². The third-order valence-corrected chi connectivity index (χ3v) is 8.25. The van der Waals surface area contributed by atoms with E-state index >= 15 is 0 Å². The molecule has 0 saturated heterocycles. The molecular weight excluding hydrogens is 480 g/mol. The van der Waals surface area contributed by atoms with Crippen LogP contribution in [0, 0.1) is 0 Å². The first-order chi connectivity index (χ1) is 19.9. The molecule has 0 heterocycles. The van der Waals surface area contributed by atoms with E-state index in [2.05, 4.69) is 158 Å². The zero-order valence-electron chi connectivity index (χ0n) is 22.0. The van der Waals surface area contributed by atoms with Crippen LogP contribution < -0.4 is 0 Å². The smallest absolute Gasteiger partial charge is 0.00203 e. The number of hydrogen-bond donors (Lipinski definition) is 0. The molecule has 186 valence electrons. The third-order valence-electron chi connectivity index (χ3n) is 8.25.